The number of aromatic nitrogens is 2. The maximum absolute atomic E-state index is 12.6. The van der Waals surface area contributed by atoms with E-state index in [-0.39, 0.29) is 29.9 Å². The highest BCUT2D eigenvalue weighted by Crippen LogP contribution is 2.14. The van der Waals surface area contributed by atoms with Gasteiger partial charge in [0.05, 0.1) is 6.10 Å². The Morgan fingerprint density at radius 1 is 1.09 bits per heavy atom. The molecule has 1 aromatic rings. The standard InChI is InChI=1S/C22H37N7O3.HI/c1-23-21(28-11-6-19(7-12-28)32-18-4-17-31-2)26-10-5-20(30)27-13-15-29(16-14-27)22-24-8-3-9-25-22;/h3,8-9,19H,4-7,10-18H2,1-2H3,(H,23,26);1H. The van der Waals surface area contributed by atoms with Crippen molar-refractivity contribution in [2.45, 2.75) is 31.8 Å². The van der Waals surface area contributed by atoms with E-state index in [0.29, 0.717) is 32.2 Å². The Hall–Kier alpha value is -1.73. The Bertz CT molecular complexity index is 709. The van der Waals surface area contributed by atoms with Crippen LogP contribution in [0.25, 0.3) is 0 Å². The molecule has 0 spiro atoms. The minimum atomic E-state index is 0. The lowest BCUT2D eigenvalue weighted by Crippen LogP contribution is -2.50. The van der Waals surface area contributed by atoms with Gasteiger partial charge >= 0.3 is 0 Å². The van der Waals surface area contributed by atoms with Gasteiger partial charge in [-0.05, 0) is 25.3 Å². The van der Waals surface area contributed by atoms with Crippen LogP contribution in [-0.4, -0.2) is 111 Å². The van der Waals surface area contributed by atoms with Gasteiger partial charge in [0.1, 0.15) is 0 Å². The van der Waals surface area contributed by atoms with Crippen molar-refractivity contribution in [2.24, 2.45) is 4.99 Å². The summed E-state index contributed by atoms with van der Waals surface area (Å²) >= 11 is 0. The minimum absolute atomic E-state index is 0. The lowest BCUT2D eigenvalue weighted by atomic mass is 10.1. The number of halogens is 1. The van der Waals surface area contributed by atoms with E-state index in [0.717, 1.165) is 70.6 Å². The number of methoxy groups -OCH3 is 1. The van der Waals surface area contributed by atoms with Gasteiger partial charge in [0, 0.05) is 92.0 Å². The van der Waals surface area contributed by atoms with Gasteiger partial charge in [-0.1, -0.05) is 0 Å². The lowest BCUT2D eigenvalue weighted by Gasteiger charge is -2.35. The van der Waals surface area contributed by atoms with Crippen LogP contribution in [0.5, 0.6) is 0 Å². The van der Waals surface area contributed by atoms with Gasteiger partial charge in [0.2, 0.25) is 11.9 Å². The van der Waals surface area contributed by atoms with E-state index in [1.54, 1.807) is 26.6 Å². The lowest BCUT2D eigenvalue weighted by molar-refractivity contribution is -0.131. The molecule has 1 N–H and O–H groups in total. The Balaban J connectivity index is 0.00000385. The summed E-state index contributed by atoms with van der Waals surface area (Å²) in [6.07, 6.45) is 7.17. The molecule has 0 aromatic carbocycles. The van der Waals surface area contributed by atoms with Crippen molar-refractivity contribution < 1.29 is 14.3 Å². The van der Waals surface area contributed by atoms with E-state index in [2.05, 4.69) is 30.1 Å². The molecule has 33 heavy (non-hydrogen) atoms. The number of amides is 1. The molecule has 2 saturated heterocycles. The van der Waals surface area contributed by atoms with Gasteiger partial charge < -0.3 is 29.5 Å². The van der Waals surface area contributed by atoms with Crippen LogP contribution in [0.2, 0.25) is 0 Å². The monoisotopic (exact) mass is 575 g/mol. The summed E-state index contributed by atoms with van der Waals surface area (Å²) < 4.78 is 11.0. The van der Waals surface area contributed by atoms with E-state index < -0.39 is 0 Å². The number of ether oxygens (including phenoxy) is 2. The average Bonchev–Trinajstić information content (AvgIpc) is 2.85. The highest BCUT2D eigenvalue weighted by atomic mass is 127. The number of guanidine groups is 1. The fraction of sp³-hybridized carbons (Fsp3) is 0.727. The molecule has 1 amide bonds. The van der Waals surface area contributed by atoms with E-state index >= 15 is 0 Å². The van der Waals surface area contributed by atoms with Crippen molar-refractivity contribution in [1.82, 2.24) is 25.1 Å². The number of likely N-dealkylation sites (tertiary alicyclic amines) is 1. The summed E-state index contributed by atoms with van der Waals surface area (Å²) in [4.78, 5) is 31.9. The molecule has 0 saturated carbocycles. The summed E-state index contributed by atoms with van der Waals surface area (Å²) in [6, 6.07) is 1.81. The number of nitrogens with zero attached hydrogens (tertiary/aromatic N) is 6. The third kappa shape index (κ3) is 8.85. The molecule has 0 atom stereocenters. The van der Waals surface area contributed by atoms with Crippen LogP contribution in [0, 0.1) is 0 Å². The molecule has 3 heterocycles. The minimum Gasteiger partial charge on any atom is -0.385 e. The zero-order valence-electron chi connectivity index (χ0n) is 19.8. The van der Waals surface area contributed by atoms with Crippen LogP contribution in [0.1, 0.15) is 25.7 Å². The molecule has 0 aliphatic carbocycles. The molecule has 3 rings (SSSR count). The molecular weight excluding hydrogens is 537 g/mol. The molecule has 2 aliphatic rings. The number of rotatable bonds is 9. The van der Waals surface area contributed by atoms with Gasteiger partial charge in [-0.25, -0.2) is 9.97 Å². The normalized spacial score (nSPS) is 17.6. The van der Waals surface area contributed by atoms with E-state index in [1.807, 2.05) is 11.0 Å². The molecule has 1 aromatic heterocycles. The van der Waals surface area contributed by atoms with Crippen molar-refractivity contribution in [1.29, 1.82) is 0 Å². The van der Waals surface area contributed by atoms with Gasteiger partial charge in [0.25, 0.3) is 0 Å². The molecule has 2 fully saturated rings. The molecule has 0 unspecified atom stereocenters. The van der Waals surface area contributed by atoms with E-state index in [1.165, 1.54) is 0 Å². The van der Waals surface area contributed by atoms with Gasteiger partial charge in [-0.2, -0.15) is 0 Å². The zero-order valence-corrected chi connectivity index (χ0v) is 22.1. The quantitative estimate of drug-likeness (QED) is 0.204. The molecule has 0 radical (unpaired) electrons. The highest BCUT2D eigenvalue weighted by Gasteiger charge is 2.24. The first-order valence-corrected chi connectivity index (χ1v) is 11.6. The van der Waals surface area contributed by atoms with E-state index in [4.69, 9.17) is 9.47 Å². The van der Waals surface area contributed by atoms with Crippen molar-refractivity contribution in [2.75, 3.05) is 78.1 Å². The second-order valence-corrected chi connectivity index (χ2v) is 8.04. The van der Waals surface area contributed by atoms with Crippen LogP contribution >= 0.6 is 24.0 Å². The number of nitrogens with one attached hydrogen (secondary N) is 1. The third-order valence-electron chi connectivity index (χ3n) is 5.89. The van der Waals surface area contributed by atoms with Crippen LogP contribution in [0.3, 0.4) is 0 Å². The molecule has 186 valence electrons. The van der Waals surface area contributed by atoms with Crippen molar-refractivity contribution in [3.8, 4) is 0 Å². The zero-order chi connectivity index (χ0) is 22.6. The van der Waals surface area contributed by atoms with Gasteiger partial charge in [-0.3, -0.25) is 9.79 Å². The number of carbonyl (C=O) groups is 1. The first kappa shape index (κ1) is 27.5. The average molecular weight is 575 g/mol. The van der Waals surface area contributed by atoms with Crippen molar-refractivity contribution in [3.63, 3.8) is 0 Å². The topological polar surface area (TPSA) is 95.4 Å². The summed E-state index contributed by atoms with van der Waals surface area (Å²) in [7, 11) is 3.51. The van der Waals surface area contributed by atoms with Crippen LogP contribution in [0.15, 0.2) is 23.5 Å². The molecule has 11 heteroatoms. The molecular formula is C22H38IN7O3. The maximum Gasteiger partial charge on any atom is 0.225 e. The SMILES string of the molecule is CN=C(NCCC(=O)N1CCN(c2ncccn2)CC1)N1CCC(OCCCOC)CC1.I. The number of piperidine rings is 1. The number of aliphatic imine (C=N–C) groups is 1. The summed E-state index contributed by atoms with van der Waals surface area (Å²) in [5, 5.41) is 3.36. The third-order valence-corrected chi connectivity index (χ3v) is 5.89. The highest BCUT2D eigenvalue weighted by molar-refractivity contribution is 14.0. The Morgan fingerprint density at radius 3 is 2.42 bits per heavy atom. The second kappa shape index (κ2) is 15.2. The van der Waals surface area contributed by atoms with Crippen LogP contribution < -0.4 is 10.2 Å². The smallest absolute Gasteiger partial charge is 0.225 e. The van der Waals surface area contributed by atoms with Crippen LogP contribution in [0.4, 0.5) is 5.95 Å². The first-order valence-electron chi connectivity index (χ1n) is 11.6. The van der Waals surface area contributed by atoms with Crippen molar-refractivity contribution in [3.05, 3.63) is 18.5 Å². The second-order valence-electron chi connectivity index (χ2n) is 8.04. The molecule has 10 nitrogen and oxygen atoms in total. The molecule has 2 aliphatic heterocycles. The largest absolute Gasteiger partial charge is 0.385 e. The number of carbonyl (C=O) groups excluding carboxylic acids is 1. The van der Waals surface area contributed by atoms with E-state index in [9.17, 15) is 4.79 Å². The summed E-state index contributed by atoms with van der Waals surface area (Å²) in [6.45, 7) is 6.80. The predicted molar refractivity (Wildman–Crippen MR) is 139 cm³/mol. The Kier molecular flexibility index (Phi) is 12.7. The maximum atomic E-state index is 12.6. The Morgan fingerprint density at radius 2 is 1.79 bits per heavy atom. The number of piperazine rings is 1. The van der Waals surface area contributed by atoms with Gasteiger partial charge in [-0.15, -0.1) is 24.0 Å². The number of hydrogen-bond acceptors (Lipinski definition) is 7. The predicted octanol–water partition coefficient (Wildman–Crippen LogP) is 1.23. The number of hydrogen-bond donors (Lipinski definition) is 1. The first-order chi connectivity index (χ1) is 15.7. The molecule has 0 bridgehead atoms. The Labute approximate surface area is 214 Å². The van der Waals surface area contributed by atoms with Crippen LogP contribution in [-0.2, 0) is 14.3 Å². The summed E-state index contributed by atoms with van der Waals surface area (Å²) in [5.74, 6) is 1.76. The fourth-order valence-corrected chi connectivity index (χ4v) is 4.07. The number of anilines is 1. The van der Waals surface area contributed by atoms with Crippen molar-refractivity contribution >= 4 is 41.8 Å². The summed E-state index contributed by atoms with van der Waals surface area (Å²) in [5.41, 5.74) is 0. The fourth-order valence-electron chi connectivity index (χ4n) is 4.07. The van der Waals surface area contributed by atoms with Gasteiger partial charge in [0.15, 0.2) is 5.96 Å².